The number of piperazine rings is 1. The van der Waals surface area contributed by atoms with Crippen molar-refractivity contribution < 1.29 is 22.7 Å². The zero-order chi connectivity index (χ0) is 21.9. The van der Waals surface area contributed by atoms with Crippen molar-refractivity contribution in [3.63, 3.8) is 0 Å². The number of aromatic hydroxyl groups is 1. The summed E-state index contributed by atoms with van der Waals surface area (Å²) in [5.41, 5.74) is 2.01. The maximum Gasteiger partial charge on any atom is 0.255 e. The highest BCUT2D eigenvalue weighted by Gasteiger charge is 2.45. The van der Waals surface area contributed by atoms with Crippen LogP contribution in [0.25, 0.3) is 22.3 Å². The number of sulfone groups is 1. The van der Waals surface area contributed by atoms with Gasteiger partial charge in [-0.1, -0.05) is 0 Å². The molecule has 2 aromatic heterocycles. The molecule has 3 aromatic rings. The molecule has 0 radical (unpaired) electrons. The van der Waals surface area contributed by atoms with Gasteiger partial charge in [0.15, 0.2) is 27.1 Å². The number of hydrogen-bond acceptors (Lipinski definition) is 7. The number of phenolic OH excluding ortho intramolecular Hbond substituents is 1. The van der Waals surface area contributed by atoms with Crippen molar-refractivity contribution in [3.8, 4) is 17.0 Å². The molecule has 2 aliphatic heterocycles. The molecule has 0 aliphatic carbocycles. The van der Waals surface area contributed by atoms with E-state index < -0.39 is 27.4 Å². The van der Waals surface area contributed by atoms with Crippen LogP contribution in [0.3, 0.4) is 0 Å². The second kappa shape index (κ2) is 6.99. The summed E-state index contributed by atoms with van der Waals surface area (Å²) in [6.07, 6.45) is 0. The van der Waals surface area contributed by atoms with Crippen LogP contribution in [0.5, 0.6) is 5.75 Å². The Morgan fingerprint density at radius 3 is 2.87 bits per heavy atom. The summed E-state index contributed by atoms with van der Waals surface area (Å²) in [7, 11) is -3.23. The number of carbonyl (C=O) groups is 1. The number of aromatic nitrogens is 3. The minimum Gasteiger partial charge on any atom is -0.505 e. The fourth-order valence-electron chi connectivity index (χ4n) is 4.44. The van der Waals surface area contributed by atoms with Crippen molar-refractivity contribution in [2.75, 3.05) is 24.6 Å². The Balaban J connectivity index is 1.62. The Hall–Kier alpha value is -3.05. The highest BCUT2D eigenvalue weighted by molar-refractivity contribution is 7.91. The molecule has 5 rings (SSSR count). The minimum atomic E-state index is -3.23. The molecule has 2 fully saturated rings. The van der Waals surface area contributed by atoms with E-state index in [9.17, 15) is 22.7 Å². The third-order valence-corrected chi connectivity index (χ3v) is 7.64. The first-order valence-corrected chi connectivity index (χ1v) is 11.6. The van der Waals surface area contributed by atoms with Crippen LogP contribution < -0.4 is 5.32 Å². The summed E-state index contributed by atoms with van der Waals surface area (Å²) in [5.74, 6) is -1.66. The van der Waals surface area contributed by atoms with E-state index in [1.54, 1.807) is 17.9 Å². The van der Waals surface area contributed by atoms with Crippen LogP contribution in [0, 0.1) is 12.7 Å². The predicted molar refractivity (Wildman–Crippen MR) is 111 cm³/mol. The molecular weight excluding hydrogens is 425 g/mol. The van der Waals surface area contributed by atoms with Gasteiger partial charge in [0.05, 0.1) is 39.9 Å². The number of H-pyrrole nitrogens is 1. The number of hydrogen-bond donors (Lipinski definition) is 3. The Labute approximate surface area is 177 Å². The highest BCUT2D eigenvalue weighted by atomic mass is 32.2. The zero-order valence-corrected chi connectivity index (χ0v) is 17.4. The second-order valence-electron chi connectivity index (χ2n) is 7.96. The number of aromatic amines is 1. The quantitative estimate of drug-likeness (QED) is 0.537. The molecule has 0 bridgehead atoms. The summed E-state index contributed by atoms with van der Waals surface area (Å²) in [6.45, 7) is 2.62. The Morgan fingerprint density at radius 1 is 1.29 bits per heavy atom. The number of halogens is 1. The third-order valence-electron chi connectivity index (χ3n) is 5.93. The maximum absolute atomic E-state index is 13.9. The van der Waals surface area contributed by atoms with E-state index in [0.717, 1.165) is 6.07 Å². The van der Waals surface area contributed by atoms with Crippen molar-refractivity contribution in [1.29, 1.82) is 0 Å². The van der Waals surface area contributed by atoms with E-state index in [-0.39, 0.29) is 23.5 Å². The largest absolute Gasteiger partial charge is 0.505 e. The number of nitrogens with zero attached hydrogens (tertiary/aromatic N) is 3. The van der Waals surface area contributed by atoms with Gasteiger partial charge in [-0.25, -0.2) is 17.8 Å². The minimum absolute atomic E-state index is 0.00990. The van der Waals surface area contributed by atoms with E-state index in [4.69, 9.17) is 0 Å². The Morgan fingerprint density at radius 2 is 2.10 bits per heavy atom. The van der Waals surface area contributed by atoms with Crippen LogP contribution in [0.2, 0.25) is 0 Å². The standard InChI is InChI=1S/C20H20FN5O4S/c1-10-18-12(20(28)26-5-4-22-15-8-31(29,30)9-16(15)26)7-14(23-19(18)25-24-10)11-2-3-17(27)13(21)6-11/h2-3,6-7,15-16,22,27H,4-5,8-9H2,1H3,(H,23,24,25). The number of amides is 1. The average molecular weight is 445 g/mol. The first-order valence-electron chi connectivity index (χ1n) is 9.83. The highest BCUT2D eigenvalue weighted by Crippen LogP contribution is 2.30. The molecule has 2 saturated heterocycles. The van der Waals surface area contributed by atoms with E-state index in [1.165, 1.54) is 12.1 Å². The van der Waals surface area contributed by atoms with Gasteiger partial charge in [0, 0.05) is 24.7 Å². The molecule has 162 valence electrons. The van der Waals surface area contributed by atoms with Gasteiger partial charge >= 0.3 is 0 Å². The summed E-state index contributed by atoms with van der Waals surface area (Å²) >= 11 is 0. The summed E-state index contributed by atoms with van der Waals surface area (Å²) in [5, 5.41) is 20.2. The average Bonchev–Trinajstić information content (AvgIpc) is 3.26. The lowest BCUT2D eigenvalue weighted by molar-refractivity contribution is 0.0623. The van der Waals surface area contributed by atoms with Gasteiger partial charge in [-0.2, -0.15) is 5.10 Å². The van der Waals surface area contributed by atoms with Crippen LogP contribution in [0.4, 0.5) is 4.39 Å². The van der Waals surface area contributed by atoms with Gasteiger partial charge in [-0.05, 0) is 31.2 Å². The molecule has 2 unspecified atom stereocenters. The molecule has 0 spiro atoms. The summed E-state index contributed by atoms with van der Waals surface area (Å²) < 4.78 is 38.2. The van der Waals surface area contributed by atoms with Crippen molar-refractivity contribution in [2.45, 2.75) is 19.0 Å². The van der Waals surface area contributed by atoms with Gasteiger partial charge in [0.25, 0.3) is 5.91 Å². The topological polar surface area (TPSA) is 128 Å². The summed E-state index contributed by atoms with van der Waals surface area (Å²) in [6, 6.07) is 4.70. The number of aryl methyl sites for hydroxylation is 1. The summed E-state index contributed by atoms with van der Waals surface area (Å²) in [4.78, 5) is 19.7. The number of nitrogens with one attached hydrogen (secondary N) is 2. The van der Waals surface area contributed by atoms with Crippen LogP contribution in [0.15, 0.2) is 24.3 Å². The van der Waals surface area contributed by atoms with Gasteiger partial charge in [0.2, 0.25) is 0 Å². The second-order valence-corrected chi connectivity index (χ2v) is 10.1. The fourth-order valence-corrected chi connectivity index (χ4v) is 6.40. The Bertz CT molecular complexity index is 1320. The van der Waals surface area contributed by atoms with Gasteiger partial charge in [0.1, 0.15) is 0 Å². The monoisotopic (exact) mass is 445 g/mol. The first kappa shape index (κ1) is 19.9. The van der Waals surface area contributed by atoms with Crippen molar-refractivity contribution >= 4 is 26.8 Å². The van der Waals surface area contributed by atoms with Crippen LogP contribution in [-0.4, -0.2) is 76.2 Å². The molecule has 1 aromatic carbocycles. The van der Waals surface area contributed by atoms with Crippen molar-refractivity contribution in [1.82, 2.24) is 25.4 Å². The van der Waals surface area contributed by atoms with E-state index >= 15 is 0 Å². The Kier molecular flexibility index (Phi) is 4.48. The van der Waals surface area contributed by atoms with Crippen LogP contribution >= 0.6 is 0 Å². The van der Waals surface area contributed by atoms with Gasteiger partial charge < -0.3 is 15.3 Å². The number of rotatable bonds is 2. The lowest BCUT2D eigenvalue weighted by Gasteiger charge is -2.37. The predicted octanol–water partition coefficient (Wildman–Crippen LogP) is 0.989. The number of fused-ring (bicyclic) bond motifs is 2. The van der Waals surface area contributed by atoms with Gasteiger partial charge in [-0.3, -0.25) is 9.89 Å². The molecule has 4 heterocycles. The lowest BCUT2D eigenvalue weighted by Crippen LogP contribution is -2.59. The number of carbonyl (C=O) groups excluding carboxylic acids is 1. The van der Waals surface area contributed by atoms with E-state index in [2.05, 4.69) is 20.5 Å². The third kappa shape index (κ3) is 3.33. The SMILES string of the molecule is Cc1n[nH]c2nc(-c3ccc(O)c(F)c3)cc(C(=O)N3CCNC4CS(=O)(=O)CC43)c12. The molecule has 3 N–H and O–H groups in total. The van der Waals surface area contributed by atoms with Crippen LogP contribution in [0.1, 0.15) is 16.1 Å². The molecular formula is C20H20FN5O4S. The molecule has 2 atom stereocenters. The normalized spacial score (nSPS) is 22.6. The van der Waals surface area contributed by atoms with Crippen LogP contribution in [-0.2, 0) is 9.84 Å². The molecule has 11 heteroatoms. The molecule has 31 heavy (non-hydrogen) atoms. The number of pyridine rings is 1. The first-order chi connectivity index (χ1) is 14.7. The maximum atomic E-state index is 13.9. The molecule has 0 saturated carbocycles. The van der Waals surface area contributed by atoms with Crippen molar-refractivity contribution in [3.05, 3.63) is 41.3 Å². The number of benzene rings is 1. The number of phenols is 1. The van der Waals surface area contributed by atoms with Gasteiger partial charge in [-0.15, -0.1) is 0 Å². The molecule has 2 aliphatic rings. The smallest absolute Gasteiger partial charge is 0.255 e. The van der Waals surface area contributed by atoms with E-state index in [1.807, 2.05) is 0 Å². The lowest BCUT2D eigenvalue weighted by atomic mass is 10.0. The zero-order valence-electron chi connectivity index (χ0n) is 16.6. The molecule has 9 nitrogen and oxygen atoms in total. The fraction of sp³-hybridized carbons (Fsp3) is 0.350. The van der Waals surface area contributed by atoms with Crippen molar-refractivity contribution in [2.24, 2.45) is 0 Å². The molecule has 1 amide bonds. The van der Waals surface area contributed by atoms with E-state index in [0.29, 0.717) is 46.6 Å².